The third-order valence-corrected chi connectivity index (χ3v) is 10.4. The summed E-state index contributed by atoms with van der Waals surface area (Å²) in [6.07, 6.45) is 4.21. The van der Waals surface area contributed by atoms with Crippen molar-refractivity contribution in [1.29, 1.82) is 0 Å². The fraction of sp³-hybridized carbons (Fsp3) is 0.714. The predicted molar refractivity (Wildman–Crippen MR) is 125 cm³/mol. The second-order valence-corrected chi connectivity index (χ2v) is 12.5. The number of esters is 1. The maximum atomic E-state index is 13.6. The van der Waals surface area contributed by atoms with Crippen LogP contribution in [0, 0.1) is 34.0 Å². The molecule has 0 radical (unpaired) electrons. The molecule has 180 valence electrons. The molecule has 1 aromatic rings. The van der Waals surface area contributed by atoms with Crippen molar-refractivity contribution >= 4 is 11.8 Å². The zero-order valence-electron chi connectivity index (χ0n) is 20.9. The first kappa shape index (κ1) is 22.9. The standard InChI is InChI=1S/C28H38O5/c1-25(2)11-10-22(30)28(5)20-9-12-27(4)21(26(20,3)15-18(29)23(25)28)14-17-13-16(24(31)32-6)7-8-19(17)33-27/h7-8,13,18,20-21,23,29H,9-12,14-15H2,1-6H3/t18-,20+,21+,23+,26-,27+,28+/m1/s1. The number of aliphatic hydroxyl groups is 1. The maximum absolute atomic E-state index is 13.6. The molecular weight excluding hydrogens is 416 g/mol. The Hall–Kier alpha value is -1.88. The summed E-state index contributed by atoms with van der Waals surface area (Å²) in [5, 5.41) is 11.6. The van der Waals surface area contributed by atoms with Gasteiger partial charge < -0.3 is 14.6 Å². The number of hydrogen-bond donors (Lipinski definition) is 1. The number of ketones is 1. The lowest BCUT2D eigenvalue weighted by Gasteiger charge is -2.68. The SMILES string of the molecule is COC(=O)c1ccc2c(c1)C[C@H]1[C@]3(C)C[C@@H](O)[C@H]4C(C)(C)CCC(=O)[C@]4(C)[C@H]3CC[C@]1(C)O2. The number of ether oxygens (including phenoxy) is 2. The molecule has 1 aliphatic heterocycles. The van der Waals surface area contributed by atoms with Gasteiger partial charge in [0.05, 0.1) is 18.8 Å². The summed E-state index contributed by atoms with van der Waals surface area (Å²) in [6, 6.07) is 5.55. The van der Waals surface area contributed by atoms with E-state index in [0.29, 0.717) is 24.2 Å². The van der Waals surface area contributed by atoms with Crippen LogP contribution in [0.25, 0.3) is 0 Å². The highest BCUT2D eigenvalue weighted by Crippen LogP contribution is 2.69. The van der Waals surface area contributed by atoms with E-state index in [1.165, 1.54) is 7.11 Å². The van der Waals surface area contributed by atoms with Gasteiger partial charge in [-0.1, -0.05) is 27.7 Å². The third-order valence-electron chi connectivity index (χ3n) is 10.4. The largest absolute Gasteiger partial charge is 0.487 e. The van der Waals surface area contributed by atoms with Crippen LogP contribution < -0.4 is 4.74 Å². The molecule has 3 aliphatic carbocycles. The van der Waals surface area contributed by atoms with E-state index in [9.17, 15) is 14.7 Å². The quantitative estimate of drug-likeness (QED) is 0.606. The van der Waals surface area contributed by atoms with Crippen LogP contribution in [0.4, 0.5) is 0 Å². The number of carbonyl (C=O) groups excluding carboxylic acids is 2. The van der Waals surface area contributed by atoms with E-state index in [1.807, 2.05) is 12.1 Å². The maximum Gasteiger partial charge on any atom is 0.337 e. The molecule has 0 saturated heterocycles. The van der Waals surface area contributed by atoms with Crippen LogP contribution in [-0.4, -0.2) is 35.7 Å². The van der Waals surface area contributed by atoms with Crippen LogP contribution in [0.1, 0.15) is 82.6 Å². The number of methoxy groups -OCH3 is 1. The van der Waals surface area contributed by atoms with Crippen LogP contribution in [0.15, 0.2) is 18.2 Å². The molecule has 0 bridgehead atoms. The molecule has 0 spiro atoms. The summed E-state index contributed by atoms with van der Waals surface area (Å²) in [6.45, 7) is 11.1. The summed E-state index contributed by atoms with van der Waals surface area (Å²) < 4.78 is 11.6. The average Bonchev–Trinajstić information content (AvgIpc) is 2.74. The van der Waals surface area contributed by atoms with Gasteiger partial charge in [-0.05, 0) is 79.5 Å². The van der Waals surface area contributed by atoms with Gasteiger partial charge in [0.1, 0.15) is 17.1 Å². The molecule has 33 heavy (non-hydrogen) atoms. The lowest BCUT2D eigenvalue weighted by molar-refractivity contribution is -0.233. The van der Waals surface area contributed by atoms with Gasteiger partial charge in [-0.25, -0.2) is 4.79 Å². The van der Waals surface area contributed by atoms with Gasteiger partial charge in [-0.15, -0.1) is 0 Å². The Balaban J connectivity index is 1.59. The minimum Gasteiger partial charge on any atom is -0.487 e. The smallest absolute Gasteiger partial charge is 0.337 e. The van der Waals surface area contributed by atoms with Crippen LogP contribution >= 0.6 is 0 Å². The van der Waals surface area contributed by atoms with Gasteiger partial charge in [-0.2, -0.15) is 0 Å². The molecule has 1 aromatic carbocycles. The molecule has 5 heteroatoms. The fourth-order valence-corrected chi connectivity index (χ4v) is 9.02. The minimum absolute atomic E-state index is 0.0172. The van der Waals surface area contributed by atoms with Crippen molar-refractivity contribution in [3.05, 3.63) is 29.3 Å². The van der Waals surface area contributed by atoms with Crippen molar-refractivity contribution in [3.8, 4) is 5.75 Å². The summed E-state index contributed by atoms with van der Waals surface area (Å²) in [7, 11) is 1.39. The Kier molecular flexibility index (Phi) is 4.90. The first-order chi connectivity index (χ1) is 15.4. The number of aliphatic hydroxyl groups excluding tert-OH is 1. The molecule has 5 rings (SSSR count). The molecule has 0 amide bonds. The van der Waals surface area contributed by atoms with E-state index >= 15 is 0 Å². The lowest BCUT2D eigenvalue weighted by Crippen LogP contribution is -2.69. The van der Waals surface area contributed by atoms with E-state index in [2.05, 4.69) is 34.6 Å². The van der Waals surface area contributed by atoms with E-state index < -0.39 is 11.5 Å². The van der Waals surface area contributed by atoms with Gasteiger partial charge >= 0.3 is 5.97 Å². The number of rotatable bonds is 1. The minimum atomic E-state index is -0.524. The number of carbonyl (C=O) groups is 2. The molecule has 5 nitrogen and oxygen atoms in total. The van der Waals surface area contributed by atoms with Gasteiger partial charge in [0.15, 0.2) is 0 Å². The Morgan fingerprint density at radius 1 is 1.12 bits per heavy atom. The van der Waals surface area contributed by atoms with Crippen molar-refractivity contribution < 1.29 is 24.2 Å². The molecule has 3 fully saturated rings. The number of Topliss-reactive ketones (excluding diaryl/α,β-unsaturated/α-hetero) is 1. The van der Waals surface area contributed by atoms with Crippen LogP contribution in [0.2, 0.25) is 0 Å². The van der Waals surface area contributed by atoms with E-state index in [-0.39, 0.29) is 40.2 Å². The molecule has 0 aromatic heterocycles. The van der Waals surface area contributed by atoms with Crippen LogP contribution in [0.5, 0.6) is 5.75 Å². The Bertz CT molecular complexity index is 1010. The predicted octanol–water partition coefficient (Wildman–Crippen LogP) is 4.98. The van der Waals surface area contributed by atoms with Crippen molar-refractivity contribution in [3.63, 3.8) is 0 Å². The van der Waals surface area contributed by atoms with Crippen molar-refractivity contribution in [2.75, 3.05) is 7.11 Å². The van der Waals surface area contributed by atoms with Crippen molar-refractivity contribution in [2.45, 2.75) is 84.8 Å². The number of fused-ring (bicyclic) bond motifs is 6. The van der Waals surface area contributed by atoms with E-state index in [4.69, 9.17) is 9.47 Å². The summed E-state index contributed by atoms with van der Waals surface area (Å²) in [5.41, 5.74) is 0.361. The van der Waals surface area contributed by atoms with Crippen LogP contribution in [0.3, 0.4) is 0 Å². The van der Waals surface area contributed by atoms with E-state index in [0.717, 1.165) is 37.0 Å². The first-order valence-corrected chi connectivity index (χ1v) is 12.5. The monoisotopic (exact) mass is 454 g/mol. The number of hydrogen-bond acceptors (Lipinski definition) is 5. The summed E-state index contributed by atoms with van der Waals surface area (Å²) in [5.74, 6) is 1.15. The first-order valence-electron chi connectivity index (χ1n) is 12.5. The molecule has 1 N–H and O–H groups in total. The fourth-order valence-electron chi connectivity index (χ4n) is 9.02. The number of benzene rings is 1. The zero-order valence-corrected chi connectivity index (χ0v) is 20.9. The van der Waals surface area contributed by atoms with Gasteiger partial charge in [0, 0.05) is 23.7 Å². The highest BCUT2D eigenvalue weighted by atomic mass is 16.5. The second kappa shape index (κ2) is 7.07. The van der Waals surface area contributed by atoms with Gasteiger partial charge in [0.25, 0.3) is 0 Å². The van der Waals surface area contributed by atoms with Crippen molar-refractivity contribution in [2.24, 2.45) is 34.0 Å². The Morgan fingerprint density at radius 2 is 1.85 bits per heavy atom. The molecule has 0 unspecified atom stereocenters. The van der Waals surface area contributed by atoms with E-state index in [1.54, 1.807) is 6.07 Å². The van der Waals surface area contributed by atoms with Crippen molar-refractivity contribution in [1.82, 2.24) is 0 Å². The molecule has 4 aliphatic rings. The molecule has 3 saturated carbocycles. The normalized spacial score (nSPS) is 43.3. The van der Waals surface area contributed by atoms with Crippen LogP contribution in [-0.2, 0) is 16.0 Å². The Morgan fingerprint density at radius 3 is 2.55 bits per heavy atom. The molecule has 7 atom stereocenters. The average molecular weight is 455 g/mol. The Labute approximate surface area is 197 Å². The van der Waals surface area contributed by atoms with Gasteiger partial charge in [0.2, 0.25) is 0 Å². The molecule has 1 heterocycles. The zero-order chi connectivity index (χ0) is 24.0. The van der Waals surface area contributed by atoms with Gasteiger partial charge in [-0.3, -0.25) is 4.79 Å². The highest BCUT2D eigenvalue weighted by Gasteiger charge is 2.70. The third kappa shape index (κ3) is 3.00. The lowest BCUT2D eigenvalue weighted by atomic mass is 9.37. The highest BCUT2D eigenvalue weighted by molar-refractivity contribution is 5.90. The molecular formula is C28H38O5. The summed E-state index contributed by atoms with van der Waals surface area (Å²) in [4.78, 5) is 25.7. The topological polar surface area (TPSA) is 72.8 Å². The summed E-state index contributed by atoms with van der Waals surface area (Å²) >= 11 is 0. The second-order valence-electron chi connectivity index (χ2n) is 12.5.